The summed E-state index contributed by atoms with van der Waals surface area (Å²) in [5.41, 5.74) is 5.34. The van der Waals surface area contributed by atoms with Crippen LogP contribution in [0.5, 0.6) is 0 Å². The maximum atomic E-state index is 13.6. The summed E-state index contributed by atoms with van der Waals surface area (Å²) in [5.74, 6) is 0.317. The lowest BCUT2D eigenvalue weighted by Crippen LogP contribution is -2.30. The Hall–Kier alpha value is -5.31. The average molecular weight is 568 g/mol. The largest absolute Gasteiger partial charge is 0.441 e. The Kier molecular flexibility index (Phi) is 5.85. The summed E-state index contributed by atoms with van der Waals surface area (Å²) in [4.78, 5) is 35.4. The molecule has 0 saturated heterocycles. The quantitative estimate of drug-likeness (QED) is 0.218. The number of aromatic nitrogens is 9. The van der Waals surface area contributed by atoms with Gasteiger partial charge in [-0.1, -0.05) is 18.2 Å². The van der Waals surface area contributed by atoms with Gasteiger partial charge < -0.3 is 15.1 Å². The fourth-order valence-corrected chi connectivity index (χ4v) is 5.32. The van der Waals surface area contributed by atoms with Crippen molar-refractivity contribution in [3.63, 3.8) is 0 Å². The molecule has 4 N–H and O–H groups in total. The minimum atomic E-state index is -0.466. The van der Waals surface area contributed by atoms with E-state index in [4.69, 9.17) is 16.6 Å². The van der Waals surface area contributed by atoms with Gasteiger partial charge in [0, 0.05) is 19.0 Å². The molecule has 41 heavy (non-hydrogen) atoms. The summed E-state index contributed by atoms with van der Waals surface area (Å²) < 4.78 is 7.11. The highest BCUT2D eigenvalue weighted by molar-refractivity contribution is 7.71. The van der Waals surface area contributed by atoms with Crippen LogP contribution in [-0.2, 0) is 13.0 Å². The first-order chi connectivity index (χ1) is 19.9. The summed E-state index contributed by atoms with van der Waals surface area (Å²) in [6.45, 7) is 2.00. The van der Waals surface area contributed by atoms with E-state index in [0.717, 1.165) is 28.7 Å². The Labute approximate surface area is 235 Å². The van der Waals surface area contributed by atoms with Crippen molar-refractivity contribution in [3.05, 3.63) is 81.2 Å². The number of hydrogen-bond acceptors (Lipinski definition) is 10. The lowest BCUT2D eigenvalue weighted by atomic mass is 10.0. The van der Waals surface area contributed by atoms with Crippen LogP contribution in [0, 0.1) is 11.7 Å². The van der Waals surface area contributed by atoms with E-state index in [1.807, 2.05) is 36.4 Å². The number of carbonyl (C=O) groups excluding carboxylic acids is 2. The van der Waals surface area contributed by atoms with Gasteiger partial charge in [0.05, 0.1) is 6.04 Å². The molecule has 14 nitrogen and oxygen atoms in total. The highest BCUT2D eigenvalue weighted by Crippen LogP contribution is 2.33. The SMILES string of the molecule is Cc1nc2cc(CNC(=O)c3cc(C(=O)N[C@H]4CCc5cc(-c6nn[nH]n6)ccc54)n4c(=S)[nH]nc4n3)ccc2o1. The third-order valence-corrected chi connectivity index (χ3v) is 7.27. The number of tetrazole rings is 1. The second kappa shape index (κ2) is 9.71. The molecular weight excluding hydrogens is 546 g/mol. The van der Waals surface area contributed by atoms with Crippen LogP contribution in [-0.4, -0.2) is 57.0 Å². The minimum absolute atomic E-state index is 0.0339. The molecule has 0 spiro atoms. The monoisotopic (exact) mass is 567 g/mol. The number of aromatic amines is 2. The highest BCUT2D eigenvalue weighted by Gasteiger charge is 2.27. The molecule has 0 aliphatic heterocycles. The molecule has 2 aromatic carbocycles. The summed E-state index contributed by atoms with van der Waals surface area (Å²) in [7, 11) is 0. The molecule has 1 aliphatic rings. The van der Waals surface area contributed by atoms with E-state index in [0.29, 0.717) is 29.2 Å². The number of nitrogens with zero attached hydrogens (tertiary/aromatic N) is 7. The van der Waals surface area contributed by atoms with Gasteiger partial charge in [-0.2, -0.15) is 5.21 Å². The zero-order valence-electron chi connectivity index (χ0n) is 21.5. The Balaban J connectivity index is 1.12. The molecular formula is C26H21N11O3S. The summed E-state index contributed by atoms with van der Waals surface area (Å²) in [5, 5.41) is 26.8. The molecule has 0 radical (unpaired) electrons. The van der Waals surface area contributed by atoms with E-state index in [-0.39, 0.29) is 34.5 Å². The molecule has 1 aliphatic carbocycles. The zero-order valence-corrected chi connectivity index (χ0v) is 22.3. The van der Waals surface area contributed by atoms with Crippen LogP contribution in [0.15, 0.2) is 46.9 Å². The van der Waals surface area contributed by atoms with Crippen molar-refractivity contribution in [2.75, 3.05) is 0 Å². The van der Waals surface area contributed by atoms with E-state index in [1.54, 1.807) is 6.92 Å². The number of fused-ring (bicyclic) bond motifs is 3. The molecule has 6 aromatic rings. The lowest BCUT2D eigenvalue weighted by Gasteiger charge is -2.15. The van der Waals surface area contributed by atoms with Gasteiger partial charge in [0.1, 0.15) is 16.9 Å². The number of hydrogen-bond donors (Lipinski definition) is 4. The fourth-order valence-electron chi connectivity index (χ4n) is 5.09. The highest BCUT2D eigenvalue weighted by atomic mass is 32.1. The van der Waals surface area contributed by atoms with Crippen LogP contribution in [0.3, 0.4) is 0 Å². The number of aryl methyl sites for hydroxylation is 2. The zero-order chi connectivity index (χ0) is 28.1. The fraction of sp³-hybridized carbons (Fsp3) is 0.192. The molecule has 15 heteroatoms. The number of carbonyl (C=O) groups is 2. The van der Waals surface area contributed by atoms with Crippen LogP contribution in [0.25, 0.3) is 28.3 Å². The van der Waals surface area contributed by atoms with Gasteiger partial charge in [0.2, 0.25) is 10.6 Å². The van der Waals surface area contributed by atoms with E-state index in [1.165, 1.54) is 10.5 Å². The maximum Gasteiger partial charge on any atom is 0.270 e. The van der Waals surface area contributed by atoms with Crippen molar-refractivity contribution < 1.29 is 14.0 Å². The number of rotatable bonds is 6. The van der Waals surface area contributed by atoms with Crippen molar-refractivity contribution in [2.45, 2.75) is 32.4 Å². The molecule has 4 aromatic heterocycles. The Morgan fingerprint density at radius 2 is 2.02 bits per heavy atom. The summed E-state index contributed by atoms with van der Waals surface area (Å²) in [6.07, 6.45) is 1.49. The first kappa shape index (κ1) is 24.7. The predicted octanol–water partition coefficient (Wildman–Crippen LogP) is 2.76. The van der Waals surface area contributed by atoms with Crippen molar-refractivity contribution in [2.24, 2.45) is 0 Å². The molecule has 0 saturated carbocycles. The van der Waals surface area contributed by atoms with Crippen LogP contribution < -0.4 is 10.6 Å². The van der Waals surface area contributed by atoms with E-state index in [2.05, 4.69) is 51.4 Å². The van der Waals surface area contributed by atoms with Gasteiger partial charge in [-0.3, -0.25) is 9.59 Å². The minimum Gasteiger partial charge on any atom is -0.441 e. The molecule has 2 amide bonds. The number of H-pyrrole nitrogens is 2. The molecule has 0 fully saturated rings. The maximum absolute atomic E-state index is 13.6. The number of benzene rings is 2. The van der Waals surface area contributed by atoms with Crippen molar-refractivity contribution in [1.29, 1.82) is 0 Å². The number of amides is 2. The van der Waals surface area contributed by atoms with Crippen molar-refractivity contribution in [1.82, 2.24) is 55.8 Å². The van der Waals surface area contributed by atoms with Crippen LogP contribution in [0.1, 0.15) is 56.0 Å². The van der Waals surface area contributed by atoms with Crippen LogP contribution >= 0.6 is 12.2 Å². The summed E-state index contributed by atoms with van der Waals surface area (Å²) >= 11 is 5.35. The van der Waals surface area contributed by atoms with E-state index >= 15 is 0 Å². The predicted molar refractivity (Wildman–Crippen MR) is 146 cm³/mol. The van der Waals surface area contributed by atoms with Crippen LogP contribution in [0.4, 0.5) is 0 Å². The van der Waals surface area contributed by atoms with Gasteiger partial charge >= 0.3 is 0 Å². The average Bonchev–Trinajstić information content (AvgIpc) is 3.78. The Morgan fingerprint density at radius 1 is 1.12 bits per heavy atom. The molecule has 7 rings (SSSR count). The number of nitrogens with one attached hydrogen (secondary N) is 4. The third-order valence-electron chi connectivity index (χ3n) is 7.00. The number of oxazole rings is 1. The summed E-state index contributed by atoms with van der Waals surface area (Å²) in [6, 6.07) is 12.6. The second-order valence-electron chi connectivity index (χ2n) is 9.62. The third kappa shape index (κ3) is 4.51. The van der Waals surface area contributed by atoms with E-state index in [9.17, 15) is 9.59 Å². The first-order valence-corrected chi connectivity index (χ1v) is 13.1. The molecule has 0 unspecified atom stereocenters. The van der Waals surface area contributed by atoms with Gasteiger partial charge in [-0.15, -0.1) is 15.3 Å². The lowest BCUT2D eigenvalue weighted by molar-refractivity contribution is 0.0930. The van der Waals surface area contributed by atoms with Gasteiger partial charge in [0.15, 0.2) is 11.5 Å². The topological polar surface area (TPSA) is 185 Å². The normalized spacial score (nSPS) is 14.4. The van der Waals surface area contributed by atoms with Crippen molar-refractivity contribution in [3.8, 4) is 11.4 Å². The van der Waals surface area contributed by atoms with Gasteiger partial charge in [-0.25, -0.2) is 19.5 Å². The first-order valence-electron chi connectivity index (χ1n) is 12.7. The Bertz CT molecular complexity index is 2030. The van der Waals surface area contributed by atoms with Gasteiger partial charge in [-0.05, 0) is 71.2 Å². The molecule has 4 heterocycles. The molecule has 204 valence electrons. The van der Waals surface area contributed by atoms with Crippen LogP contribution in [0.2, 0.25) is 0 Å². The van der Waals surface area contributed by atoms with Gasteiger partial charge in [0.25, 0.3) is 17.6 Å². The molecule has 1 atom stereocenters. The van der Waals surface area contributed by atoms with E-state index < -0.39 is 11.8 Å². The Morgan fingerprint density at radius 3 is 2.88 bits per heavy atom. The molecule has 0 bridgehead atoms. The standard InChI is InChI=1S/C26H21N11O3S/c1-12-28-18-8-13(2-7-21(18)40-12)11-27-23(38)19-10-20(37-25(30-19)33-34-26(37)41)24(39)29-17-6-4-14-9-15(3-5-16(14)17)22-31-35-36-32-22/h2-3,5,7-10,17H,4,6,11H2,1H3,(H,27,38)(H,29,39)(H,34,41)(H,31,32,35,36)/t17-/m0/s1. The second-order valence-corrected chi connectivity index (χ2v) is 10.0. The smallest absolute Gasteiger partial charge is 0.270 e. The van der Waals surface area contributed by atoms with Crippen molar-refractivity contribution >= 4 is 40.9 Å².